The van der Waals surface area contributed by atoms with Crippen molar-refractivity contribution in [2.75, 3.05) is 31.6 Å². The fourth-order valence-corrected chi connectivity index (χ4v) is 1.68. The van der Waals surface area contributed by atoms with Gasteiger partial charge in [-0.15, -0.1) is 0 Å². The van der Waals surface area contributed by atoms with Gasteiger partial charge in [0.1, 0.15) is 0 Å². The maximum absolute atomic E-state index is 11.9. The average Bonchev–Trinajstić information content (AvgIpc) is 2.42. The molecule has 95 valence electrons. The number of para-hydroxylation sites is 1. The Morgan fingerprint density at radius 1 is 1.28 bits per heavy atom. The number of nitrogens with one attached hydrogen (secondary N) is 1. The number of hydrogen-bond donors (Lipinski definition) is 1. The van der Waals surface area contributed by atoms with E-state index in [1.807, 2.05) is 6.07 Å². The first-order valence-electron chi connectivity index (χ1n) is 5.68. The molecule has 0 unspecified atom stereocenters. The molecule has 0 bridgehead atoms. The number of hydrazine groups is 1. The topological polar surface area (TPSA) is 61.9 Å². The molecule has 1 aromatic rings. The summed E-state index contributed by atoms with van der Waals surface area (Å²) in [6.07, 6.45) is 1.63. The average molecular weight is 248 g/mol. The predicted molar refractivity (Wildman–Crippen MR) is 65.4 cm³/mol. The third-order valence-electron chi connectivity index (χ3n) is 2.57. The highest BCUT2D eigenvalue weighted by Gasteiger charge is 2.23. The fourth-order valence-electron chi connectivity index (χ4n) is 1.68. The molecule has 6 nitrogen and oxygen atoms in total. The van der Waals surface area contributed by atoms with E-state index in [2.05, 4.69) is 5.32 Å². The molecule has 1 N–H and O–H groups in total. The van der Waals surface area contributed by atoms with Crippen molar-refractivity contribution in [2.24, 2.45) is 0 Å². The third kappa shape index (κ3) is 3.06. The Hall–Kier alpha value is -1.92. The van der Waals surface area contributed by atoms with Crippen molar-refractivity contribution >= 4 is 18.1 Å². The van der Waals surface area contributed by atoms with Crippen LogP contribution in [0.25, 0.3) is 0 Å². The number of carbonyl (C=O) groups is 1. The summed E-state index contributed by atoms with van der Waals surface area (Å²) in [7, 11) is 0. The van der Waals surface area contributed by atoms with Gasteiger partial charge in [-0.3, -0.25) is 4.79 Å². The largest absolute Gasteiger partial charge is 0.379 e. The molecule has 0 atom stereocenters. The molecule has 0 aromatic heterocycles. The number of hydrogen-bond acceptors (Lipinski definition) is 4. The summed E-state index contributed by atoms with van der Waals surface area (Å²) >= 11 is 0. The first-order chi connectivity index (χ1) is 8.81. The van der Waals surface area contributed by atoms with Gasteiger partial charge in [0.15, 0.2) is 0 Å². The van der Waals surface area contributed by atoms with Gasteiger partial charge in [0.25, 0.3) is 0 Å². The summed E-state index contributed by atoms with van der Waals surface area (Å²) in [6, 6.07) is 8.44. The van der Waals surface area contributed by atoms with Crippen LogP contribution in [0.1, 0.15) is 0 Å². The van der Waals surface area contributed by atoms with Crippen LogP contribution in [-0.4, -0.2) is 48.8 Å². The van der Waals surface area contributed by atoms with Gasteiger partial charge in [-0.1, -0.05) is 18.2 Å². The minimum Gasteiger partial charge on any atom is -0.379 e. The standard InChI is InChI=1S/C12H14N3O3/c16-10-15(14-6-8-18-9-7-14)12(17)13-11-4-2-1-3-5-11/h1-5H,6-9H2,(H,13,17). The number of amides is 3. The van der Waals surface area contributed by atoms with Crippen molar-refractivity contribution in [1.29, 1.82) is 0 Å². The lowest BCUT2D eigenvalue weighted by molar-refractivity contribution is -0.0287. The van der Waals surface area contributed by atoms with E-state index < -0.39 is 6.03 Å². The lowest BCUT2D eigenvalue weighted by Crippen LogP contribution is -2.52. The van der Waals surface area contributed by atoms with E-state index in [1.165, 1.54) is 0 Å². The molecule has 6 heteroatoms. The van der Waals surface area contributed by atoms with Gasteiger partial charge in [0, 0.05) is 18.8 Å². The predicted octanol–water partition coefficient (Wildman–Crippen LogP) is 0.835. The Bertz CT molecular complexity index is 404. The van der Waals surface area contributed by atoms with E-state index in [4.69, 9.17) is 4.74 Å². The van der Waals surface area contributed by atoms with Gasteiger partial charge in [-0.25, -0.2) is 9.80 Å². The maximum Gasteiger partial charge on any atom is 0.343 e. The number of ether oxygens (including phenoxy) is 1. The number of benzene rings is 1. The van der Waals surface area contributed by atoms with Gasteiger partial charge in [-0.05, 0) is 12.1 Å². The van der Waals surface area contributed by atoms with Crippen LogP contribution in [0.4, 0.5) is 10.5 Å². The Labute approximate surface area is 105 Å². The van der Waals surface area contributed by atoms with Gasteiger partial charge >= 0.3 is 12.4 Å². The Kier molecular flexibility index (Phi) is 4.27. The van der Waals surface area contributed by atoms with Crippen LogP contribution in [0.2, 0.25) is 0 Å². The summed E-state index contributed by atoms with van der Waals surface area (Å²) in [5.41, 5.74) is 0.635. The number of carbonyl (C=O) groups excluding carboxylic acids is 2. The van der Waals surface area contributed by atoms with Crippen LogP contribution in [0.15, 0.2) is 30.3 Å². The van der Waals surface area contributed by atoms with Crippen LogP contribution in [0.5, 0.6) is 0 Å². The van der Waals surface area contributed by atoms with E-state index in [1.54, 1.807) is 35.7 Å². The van der Waals surface area contributed by atoms with Crippen molar-refractivity contribution in [3.63, 3.8) is 0 Å². The lowest BCUT2D eigenvalue weighted by atomic mass is 10.3. The first kappa shape index (κ1) is 12.5. The molecule has 1 radical (unpaired) electrons. The van der Waals surface area contributed by atoms with Crippen molar-refractivity contribution in [1.82, 2.24) is 10.0 Å². The van der Waals surface area contributed by atoms with Crippen LogP contribution in [0.3, 0.4) is 0 Å². The Morgan fingerprint density at radius 3 is 2.56 bits per heavy atom. The summed E-state index contributed by atoms with van der Waals surface area (Å²) in [6.45, 7) is 1.99. The van der Waals surface area contributed by atoms with Crippen LogP contribution >= 0.6 is 0 Å². The van der Waals surface area contributed by atoms with E-state index in [9.17, 15) is 9.59 Å². The second kappa shape index (κ2) is 6.13. The molecule has 1 aliphatic rings. The number of nitrogens with zero attached hydrogens (tertiary/aromatic N) is 2. The summed E-state index contributed by atoms with van der Waals surface area (Å²) in [5, 5.41) is 5.16. The normalized spacial score (nSPS) is 16.0. The zero-order chi connectivity index (χ0) is 12.8. The Balaban J connectivity index is 1.99. The van der Waals surface area contributed by atoms with Gasteiger partial charge in [0.2, 0.25) is 0 Å². The highest BCUT2D eigenvalue weighted by Crippen LogP contribution is 2.08. The SMILES string of the molecule is O=[C]N(C(=O)Nc1ccccc1)N1CCOCC1. The molecule has 3 amide bonds. The smallest absolute Gasteiger partial charge is 0.343 e. The van der Waals surface area contributed by atoms with E-state index in [0.29, 0.717) is 32.0 Å². The van der Waals surface area contributed by atoms with Crippen LogP contribution < -0.4 is 5.32 Å². The second-order valence-electron chi connectivity index (χ2n) is 3.77. The van der Waals surface area contributed by atoms with Gasteiger partial charge in [-0.2, -0.15) is 5.01 Å². The summed E-state index contributed by atoms with van der Waals surface area (Å²) in [5.74, 6) is 0. The third-order valence-corrected chi connectivity index (χ3v) is 2.57. The lowest BCUT2D eigenvalue weighted by Gasteiger charge is -2.32. The first-order valence-corrected chi connectivity index (χ1v) is 5.68. The van der Waals surface area contributed by atoms with E-state index in [0.717, 1.165) is 5.01 Å². The number of morpholine rings is 1. The highest BCUT2D eigenvalue weighted by atomic mass is 16.5. The molecule has 1 fully saturated rings. The molecule has 2 rings (SSSR count). The molecule has 1 aromatic carbocycles. The quantitative estimate of drug-likeness (QED) is 0.805. The van der Waals surface area contributed by atoms with E-state index >= 15 is 0 Å². The summed E-state index contributed by atoms with van der Waals surface area (Å²) < 4.78 is 5.16. The molecular weight excluding hydrogens is 234 g/mol. The van der Waals surface area contributed by atoms with Crippen molar-refractivity contribution < 1.29 is 14.3 Å². The van der Waals surface area contributed by atoms with Crippen LogP contribution in [0, 0.1) is 0 Å². The Morgan fingerprint density at radius 2 is 1.94 bits per heavy atom. The zero-order valence-electron chi connectivity index (χ0n) is 9.83. The van der Waals surface area contributed by atoms with Gasteiger partial charge < -0.3 is 10.1 Å². The minimum atomic E-state index is -0.516. The molecule has 18 heavy (non-hydrogen) atoms. The highest BCUT2D eigenvalue weighted by molar-refractivity contribution is 5.95. The van der Waals surface area contributed by atoms with Gasteiger partial charge in [0.05, 0.1) is 13.2 Å². The van der Waals surface area contributed by atoms with Crippen molar-refractivity contribution in [2.45, 2.75) is 0 Å². The summed E-state index contributed by atoms with van der Waals surface area (Å²) in [4.78, 5) is 22.8. The zero-order valence-corrected chi connectivity index (χ0v) is 9.83. The second-order valence-corrected chi connectivity index (χ2v) is 3.77. The number of anilines is 1. The molecule has 0 spiro atoms. The molecule has 0 saturated carbocycles. The number of urea groups is 1. The van der Waals surface area contributed by atoms with E-state index in [-0.39, 0.29) is 0 Å². The number of rotatable bonds is 3. The molecular formula is C12H14N3O3. The molecule has 1 aliphatic heterocycles. The monoisotopic (exact) mass is 248 g/mol. The van der Waals surface area contributed by atoms with Crippen LogP contribution in [-0.2, 0) is 9.53 Å². The molecule has 0 aliphatic carbocycles. The minimum absolute atomic E-state index is 0.497. The van der Waals surface area contributed by atoms with Crippen molar-refractivity contribution in [3.05, 3.63) is 30.3 Å². The van der Waals surface area contributed by atoms with Crippen molar-refractivity contribution in [3.8, 4) is 0 Å². The fraction of sp³-hybridized carbons (Fsp3) is 0.333. The molecule has 1 heterocycles. The maximum atomic E-state index is 11.9. The molecule has 1 saturated heterocycles. The number of imide groups is 1.